The van der Waals surface area contributed by atoms with E-state index in [1.54, 1.807) is 12.1 Å². The normalized spacial score (nSPS) is 15.8. The van der Waals surface area contributed by atoms with Gasteiger partial charge in [-0.3, -0.25) is 10.1 Å². The third kappa shape index (κ3) is 2.83. The van der Waals surface area contributed by atoms with Crippen LogP contribution in [-0.4, -0.2) is 16.8 Å². The van der Waals surface area contributed by atoms with Gasteiger partial charge in [0.05, 0.1) is 14.3 Å². The Hall–Kier alpha value is -2.32. The van der Waals surface area contributed by atoms with Crippen LogP contribution in [0.2, 0.25) is 0 Å². The van der Waals surface area contributed by atoms with Crippen molar-refractivity contribution in [2.45, 2.75) is 0 Å². The molecule has 1 aromatic heterocycles. The van der Waals surface area contributed by atoms with E-state index in [0.29, 0.717) is 10.0 Å². The summed E-state index contributed by atoms with van der Waals surface area (Å²) in [4.78, 5) is 27.0. The molecule has 0 atom stereocenters. The summed E-state index contributed by atoms with van der Waals surface area (Å²) >= 11 is 4.55. The summed E-state index contributed by atoms with van der Waals surface area (Å²) in [5.41, 5.74) is 0.726. The van der Waals surface area contributed by atoms with E-state index in [1.165, 1.54) is 23.5 Å². The lowest BCUT2D eigenvalue weighted by molar-refractivity contribution is -0.385. The Morgan fingerprint density at radius 2 is 2.18 bits per heavy atom. The van der Waals surface area contributed by atoms with Crippen molar-refractivity contribution >= 4 is 50.9 Å². The zero-order valence-corrected chi connectivity index (χ0v) is 13.3. The van der Waals surface area contributed by atoms with Crippen molar-refractivity contribution in [3.63, 3.8) is 0 Å². The van der Waals surface area contributed by atoms with Crippen molar-refractivity contribution in [3.8, 4) is 0 Å². The number of aliphatic imine (C=N–C) groups is 1. The fourth-order valence-electron chi connectivity index (χ4n) is 1.83. The minimum Gasteiger partial charge on any atom is -0.401 e. The Balaban J connectivity index is 1.93. The average molecular weight is 379 g/mol. The third-order valence-corrected chi connectivity index (χ3v) is 4.32. The molecule has 2 aromatic rings. The first-order valence-corrected chi connectivity index (χ1v) is 7.72. The molecule has 0 saturated carbocycles. The molecule has 2 heterocycles. The minimum absolute atomic E-state index is 0.0427. The molecule has 0 radical (unpaired) electrons. The first-order valence-electron chi connectivity index (χ1n) is 6.05. The van der Waals surface area contributed by atoms with Gasteiger partial charge in [0.2, 0.25) is 5.90 Å². The fraction of sp³-hybridized carbons (Fsp3) is 0. The maximum absolute atomic E-state index is 11.8. The smallest absolute Gasteiger partial charge is 0.363 e. The number of esters is 1. The monoisotopic (exact) mass is 378 g/mol. The zero-order valence-electron chi connectivity index (χ0n) is 10.9. The van der Waals surface area contributed by atoms with Crippen LogP contribution < -0.4 is 0 Å². The number of thiophene rings is 1. The van der Waals surface area contributed by atoms with Crippen LogP contribution in [0.5, 0.6) is 0 Å². The van der Waals surface area contributed by atoms with Crippen LogP contribution in [-0.2, 0) is 9.53 Å². The van der Waals surface area contributed by atoms with Gasteiger partial charge in [0, 0.05) is 6.07 Å². The molecular formula is C14H7BrN2O4S. The number of halogens is 1. The Bertz CT molecular complexity index is 827. The highest BCUT2D eigenvalue weighted by molar-refractivity contribution is 9.10. The van der Waals surface area contributed by atoms with Crippen molar-refractivity contribution in [1.82, 2.24) is 0 Å². The lowest BCUT2D eigenvalue weighted by Crippen LogP contribution is -2.03. The van der Waals surface area contributed by atoms with Crippen molar-refractivity contribution in [1.29, 1.82) is 0 Å². The first kappa shape index (κ1) is 14.6. The maximum Gasteiger partial charge on any atom is 0.363 e. The SMILES string of the molecule is O=C1OC(c2cccs2)=N/C1=C/c1ccc([N+](=O)[O-])c(Br)c1. The number of nitro groups is 1. The molecule has 0 fully saturated rings. The highest BCUT2D eigenvalue weighted by atomic mass is 79.9. The summed E-state index contributed by atoms with van der Waals surface area (Å²) in [6.07, 6.45) is 1.53. The molecule has 0 spiro atoms. The summed E-state index contributed by atoms with van der Waals surface area (Å²) in [7, 11) is 0. The number of nitrogens with zero attached hydrogens (tertiary/aromatic N) is 2. The van der Waals surface area contributed by atoms with Crippen LogP contribution in [0, 0.1) is 10.1 Å². The predicted molar refractivity (Wildman–Crippen MR) is 85.7 cm³/mol. The number of hydrogen-bond acceptors (Lipinski definition) is 6. The van der Waals surface area contributed by atoms with Crippen LogP contribution in [0.25, 0.3) is 6.08 Å². The van der Waals surface area contributed by atoms with Gasteiger partial charge in [-0.1, -0.05) is 6.07 Å². The van der Waals surface area contributed by atoms with E-state index in [0.717, 1.165) is 4.88 Å². The molecule has 1 aromatic carbocycles. The van der Waals surface area contributed by atoms with Gasteiger partial charge >= 0.3 is 5.97 Å². The van der Waals surface area contributed by atoms with Gasteiger partial charge in [-0.25, -0.2) is 9.79 Å². The largest absolute Gasteiger partial charge is 0.401 e. The molecule has 0 N–H and O–H groups in total. The van der Waals surface area contributed by atoms with E-state index >= 15 is 0 Å². The van der Waals surface area contributed by atoms with Crippen molar-refractivity contribution < 1.29 is 14.5 Å². The molecule has 0 amide bonds. The molecule has 8 heteroatoms. The van der Waals surface area contributed by atoms with E-state index in [-0.39, 0.29) is 17.3 Å². The fourth-order valence-corrected chi connectivity index (χ4v) is 3.02. The lowest BCUT2D eigenvalue weighted by atomic mass is 10.2. The summed E-state index contributed by atoms with van der Waals surface area (Å²) in [5.74, 6) is -0.273. The number of rotatable bonds is 3. The second kappa shape index (κ2) is 5.82. The lowest BCUT2D eigenvalue weighted by Gasteiger charge is -1.97. The van der Waals surface area contributed by atoms with Crippen molar-refractivity contribution in [2.24, 2.45) is 4.99 Å². The molecule has 0 aliphatic carbocycles. The molecule has 3 rings (SSSR count). The Morgan fingerprint density at radius 1 is 1.36 bits per heavy atom. The average Bonchev–Trinajstić information content (AvgIpc) is 3.09. The van der Waals surface area contributed by atoms with Gasteiger partial charge in [0.15, 0.2) is 5.70 Å². The number of carbonyl (C=O) groups excluding carboxylic acids is 1. The summed E-state index contributed by atoms with van der Waals surface area (Å²) in [6, 6.07) is 8.10. The second-order valence-corrected chi connectivity index (χ2v) is 6.08. The molecule has 0 unspecified atom stereocenters. The van der Waals surface area contributed by atoms with Crippen LogP contribution >= 0.6 is 27.3 Å². The van der Waals surface area contributed by atoms with E-state index < -0.39 is 10.9 Å². The molecule has 1 aliphatic heterocycles. The van der Waals surface area contributed by atoms with Gasteiger partial charge in [0.1, 0.15) is 0 Å². The molecule has 110 valence electrons. The topological polar surface area (TPSA) is 81.8 Å². The number of carbonyl (C=O) groups is 1. The van der Waals surface area contributed by atoms with Crippen molar-refractivity contribution in [3.05, 3.63) is 66.4 Å². The van der Waals surface area contributed by atoms with Gasteiger partial charge in [0.25, 0.3) is 5.69 Å². The number of nitro benzene ring substituents is 1. The van der Waals surface area contributed by atoms with E-state index in [2.05, 4.69) is 20.9 Å². The molecule has 0 bridgehead atoms. The summed E-state index contributed by atoms with van der Waals surface area (Å²) in [6.45, 7) is 0. The molecular weight excluding hydrogens is 372 g/mol. The van der Waals surface area contributed by atoms with Gasteiger partial charge < -0.3 is 4.74 Å². The van der Waals surface area contributed by atoms with Crippen LogP contribution in [0.4, 0.5) is 5.69 Å². The highest BCUT2D eigenvalue weighted by Gasteiger charge is 2.24. The predicted octanol–water partition coefficient (Wildman–Crippen LogP) is 3.76. The first-order chi connectivity index (χ1) is 10.5. The Morgan fingerprint density at radius 3 is 2.82 bits per heavy atom. The molecule has 0 saturated heterocycles. The second-order valence-electron chi connectivity index (χ2n) is 4.28. The van der Waals surface area contributed by atoms with Gasteiger partial charge in [-0.2, -0.15) is 0 Å². The minimum atomic E-state index is -0.544. The summed E-state index contributed by atoms with van der Waals surface area (Å²) < 4.78 is 5.45. The molecule has 6 nitrogen and oxygen atoms in total. The standard InChI is InChI=1S/C14H7BrN2O4S/c15-9-6-8(3-4-11(9)17(19)20)7-10-14(18)21-13(16-10)12-2-1-5-22-12/h1-7H/b10-7+. The zero-order chi connectivity index (χ0) is 15.7. The Kier molecular flexibility index (Phi) is 3.86. The van der Waals surface area contributed by atoms with Crippen LogP contribution in [0.15, 0.2) is 50.9 Å². The third-order valence-electron chi connectivity index (χ3n) is 2.82. The van der Waals surface area contributed by atoms with Gasteiger partial charge in [-0.05, 0) is 51.1 Å². The number of benzene rings is 1. The van der Waals surface area contributed by atoms with Crippen LogP contribution in [0.1, 0.15) is 10.4 Å². The van der Waals surface area contributed by atoms with Gasteiger partial charge in [-0.15, -0.1) is 11.3 Å². The number of hydrogen-bond donors (Lipinski definition) is 0. The van der Waals surface area contributed by atoms with E-state index in [4.69, 9.17) is 4.74 Å². The maximum atomic E-state index is 11.8. The molecule has 22 heavy (non-hydrogen) atoms. The highest BCUT2D eigenvalue weighted by Crippen LogP contribution is 2.27. The Labute approximate surface area is 137 Å². The summed E-state index contributed by atoms with van der Waals surface area (Å²) in [5, 5.41) is 12.6. The number of ether oxygens (including phenoxy) is 1. The number of cyclic esters (lactones) is 1. The van der Waals surface area contributed by atoms with E-state index in [9.17, 15) is 14.9 Å². The van der Waals surface area contributed by atoms with E-state index in [1.807, 2.05) is 17.5 Å². The van der Waals surface area contributed by atoms with Crippen molar-refractivity contribution in [2.75, 3.05) is 0 Å². The molecule has 1 aliphatic rings. The van der Waals surface area contributed by atoms with Crippen LogP contribution in [0.3, 0.4) is 0 Å². The quantitative estimate of drug-likeness (QED) is 0.352.